The molecular formula is C18H20N2O5. The third kappa shape index (κ3) is 5.80. The van der Waals surface area contributed by atoms with Crippen LogP contribution >= 0.6 is 0 Å². The topological polar surface area (TPSA) is 97.6 Å². The second-order valence-electron chi connectivity index (χ2n) is 5.27. The van der Waals surface area contributed by atoms with Gasteiger partial charge in [0.2, 0.25) is 5.91 Å². The lowest BCUT2D eigenvalue weighted by atomic mass is 10.2. The van der Waals surface area contributed by atoms with Crippen LogP contribution in [0, 0.1) is 0 Å². The van der Waals surface area contributed by atoms with Crippen LogP contribution in [-0.2, 0) is 9.53 Å². The lowest BCUT2D eigenvalue weighted by Crippen LogP contribution is -2.32. The van der Waals surface area contributed by atoms with E-state index in [1.165, 1.54) is 12.3 Å². The van der Waals surface area contributed by atoms with E-state index in [-0.39, 0.29) is 12.3 Å². The Hall–Kier alpha value is -3.09. The van der Waals surface area contributed by atoms with Crippen molar-refractivity contribution in [1.82, 2.24) is 5.32 Å². The van der Waals surface area contributed by atoms with Crippen LogP contribution in [0.5, 0.6) is 0 Å². The molecule has 0 unspecified atom stereocenters. The Morgan fingerprint density at radius 1 is 1.12 bits per heavy atom. The average Bonchev–Trinajstić information content (AvgIpc) is 3.15. The van der Waals surface area contributed by atoms with Gasteiger partial charge in [0, 0.05) is 5.69 Å². The number of benzene rings is 1. The molecule has 0 bridgehead atoms. The Balaban J connectivity index is 1.79. The summed E-state index contributed by atoms with van der Waals surface area (Å²) < 4.78 is 10.0. The molecule has 2 N–H and O–H groups in total. The molecule has 2 rings (SSSR count). The molecular weight excluding hydrogens is 324 g/mol. The molecule has 0 radical (unpaired) electrons. The maximum Gasteiger partial charge on any atom is 0.338 e. The zero-order valence-corrected chi connectivity index (χ0v) is 13.9. The standard InChI is InChI=1S/C18H20N2O5/c1-2-3-10-25-18(23)13-6-8-14(9-7-13)20-16(21)12-19-17(22)15-5-4-11-24-15/h4-9,11H,2-3,10,12H2,1H3,(H,19,22)(H,20,21). The van der Waals surface area contributed by atoms with Crippen molar-refractivity contribution in [2.45, 2.75) is 19.8 Å². The molecule has 0 atom stereocenters. The highest BCUT2D eigenvalue weighted by atomic mass is 16.5. The van der Waals surface area contributed by atoms with Gasteiger partial charge in [0.1, 0.15) is 0 Å². The molecule has 25 heavy (non-hydrogen) atoms. The zero-order chi connectivity index (χ0) is 18.1. The normalized spacial score (nSPS) is 10.1. The summed E-state index contributed by atoms with van der Waals surface area (Å²) in [5, 5.41) is 5.07. The first-order valence-electron chi connectivity index (χ1n) is 7.99. The van der Waals surface area contributed by atoms with Crippen molar-refractivity contribution in [1.29, 1.82) is 0 Å². The molecule has 0 fully saturated rings. The van der Waals surface area contributed by atoms with Crippen LogP contribution < -0.4 is 10.6 Å². The smallest absolute Gasteiger partial charge is 0.338 e. The number of esters is 1. The van der Waals surface area contributed by atoms with Crippen LogP contribution in [0.15, 0.2) is 47.1 Å². The average molecular weight is 344 g/mol. The summed E-state index contributed by atoms with van der Waals surface area (Å²) in [7, 11) is 0. The monoisotopic (exact) mass is 344 g/mol. The van der Waals surface area contributed by atoms with Crippen molar-refractivity contribution in [2.24, 2.45) is 0 Å². The van der Waals surface area contributed by atoms with Gasteiger partial charge in [-0.3, -0.25) is 9.59 Å². The number of furan rings is 1. The van der Waals surface area contributed by atoms with E-state index >= 15 is 0 Å². The minimum Gasteiger partial charge on any atom is -0.462 e. The lowest BCUT2D eigenvalue weighted by Gasteiger charge is -2.07. The molecule has 0 aliphatic heterocycles. The number of unbranched alkanes of at least 4 members (excludes halogenated alkanes) is 1. The van der Waals surface area contributed by atoms with Crippen molar-refractivity contribution in [3.63, 3.8) is 0 Å². The van der Waals surface area contributed by atoms with Crippen LogP contribution in [0.2, 0.25) is 0 Å². The maximum atomic E-state index is 11.8. The molecule has 7 nitrogen and oxygen atoms in total. The Morgan fingerprint density at radius 2 is 1.88 bits per heavy atom. The number of hydrogen-bond donors (Lipinski definition) is 2. The molecule has 0 saturated carbocycles. The summed E-state index contributed by atoms with van der Waals surface area (Å²) in [5.41, 5.74) is 0.933. The van der Waals surface area contributed by atoms with Crippen molar-refractivity contribution in [3.8, 4) is 0 Å². The number of hydrogen-bond acceptors (Lipinski definition) is 5. The minimum atomic E-state index is -0.467. The van der Waals surface area contributed by atoms with Gasteiger partial charge in [-0.05, 0) is 42.8 Å². The van der Waals surface area contributed by atoms with E-state index in [0.29, 0.717) is 17.9 Å². The molecule has 0 spiro atoms. The second-order valence-corrected chi connectivity index (χ2v) is 5.27. The van der Waals surface area contributed by atoms with Crippen LogP contribution in [0.4, 0.5) is 5.69 Å². The number of carbonyl (C=O) groups excluding carboxylic acids is 3. The van der Waals surface area contributed by atoms with Gasteiger partial charge in [0.25, 0.3) is 5.91 Å². The fraction of sp³-hybridized carbons (Fsp3) is 0.278. The zero-order valence-electron chi connectivity index (χ0n) is 13.9. The summed E-state index contributed by atoms with van der Waals surface area (Å²) in [6.07, 6.45) is 3.15. The highest BCUT2D eigenvalue weighted by molar-refractivity contribution is 5.98. The van der Waals surface area contributed by atoms with E-state index < -0.39 is 17.8 Å². The summed E-state index contributed by atoms with van der Waals surface area (Å²) >= 11 is 0. The first kappa shape index (κ1) is 18.3. The Bertz CT molecular complexity index is 708. The molecule has 0 aliphatic rings. The number of anilines is 1. The van der Waals surface area contributed by atoms with Gasteiger partial charge in [0.05, 0.1) is 25.0 Å². The quantitative estimate of drug-likeness (QED) is 0.567. The van der Waals surface area contributed by atoms with Crippen LogP contribution in [0.1, 0.15) is 40.7 Å². The molecule has 1 aromatic heterocycles. The Morgan fingerprint density at radius 3 is 2.52 bits per heavy atom. The third-order valence-electron chi connectivity index (χ3n) is 3.29. The molecule has 1 heterocycles. The summed E-state index contributed by atoms with van der Waals surface area (Å²) in [4.78, 5) is 35.3. The Labute approximate surface area is 145 Å². The predicted molar refractivity (Wildman–Crippen MR) is 91.3 cm³/mol. The van der Waals surface area contributed by atoms with Crippen molar-refractivity contribution >= 4 is 23.5 Å². The predicted octanol–water partition coefficient (Wildman–Crippen LogP) is 2.61. The number of amides is 2. The maximum absolute atomic E-state index is 11.8. The number of rotatable bonds is 8. The van der Waals surface area contributed by atoms with Gasteiger partial charge < -0.3 is 19.8 Å². The number of ether oxygens (including phenoxy) is 1. The van der Waals surface area contributed by atoms with Crippen LogP contribution in [0.25, 0.3) is 0 Å². The van der Waals surface area contributed by atoms with E-state index in [1.54, 1.807) is 30.3 Å². The SMILES string of the molecule is CCCCOC(=O)c1ccc(NC(=O)CNC(=O)c2ccco2)cc1. The molecule has 1 aromatic carbocycles. The van der Waals surface area contributed by atoms with Gasteiger partial charge in [-0.25, -0.2) is 4.79 Å². The number of carbonyl (C=O) groups is 3. The highest BCUT2D eigenvalue weighted by Crippen LogP contribution is 2.11. The second kappa shape index (κ2) is 9.27. The van der Waals surface area contributed by atoms with E-state index in [1.807, 2.05) is 6.92 Å². The molecule has 7 heteroatoms. The summed E-state index contributed by atoms with van der Waals surface area (Å²) in [6.45, 7) is 2.21. The number of nitrogens with one attached hydrogen (secondary N) is 2. The first-order valence-corrected chi connectivity index (χ1v) is 7.99. The van der Waals surface area contributed by atoms with Crippen molar-refractivity contribution in [3.05, 3.63) is 54.0 Å². The van der Waals surface area contributed by atoms with Gasteiger partial charge in [-0.2, -0.15) is 0 Å². The van der Waals surface area contributed by atoms with E-state index in [0.717, 1.165) is 12.8 Å². The van der Waals surface area contributed by atoms with Gasteiger partial charge in [0.15, 0.2) is 5.76 Å². The molecule has 2 amide bonds. The molecule has 0 aliphatic carbocycles. The first-order chi connectivity index (χ1) is 12.1. The highest BCUT2D eigenvalue weighted by Gasteiger charge is 2.11. The van der Waals surface area contributed by atoms with E-state index in [2.05, 4.69) is 10.6 Å². The molecule has 0 saturated heterocycles. The van der Waals surface area contributed by atoms with Gasteiger partial charge >= 0.3 is 5.97 Å². The third-order valence-corrected chi connectivity index (χ3v) is 3.29. The summed E-state index contributed by atoms with van der Waals surface area (Å²) in [5.74, 6) is -1.11. The van der Waals surface area contributed by atoms with Crippen molar-refractivity contribution in [2.75, 3.05) is 18.5 Å². The minimum absolute atomic E-state index is 0.138. The largest absolute Gasteiger partial charge is 0.462 e. The van der Waals surface area contributed by atoms with Gasteiger partial charge in [-0.1, -0.05) is 13.3 Å². The Kier molecular flexibility index (Phi) is 6.76. The molecule has 132 valence electrons. The van der Waals surface area contributed by atoms with Gasteiger partial charge in [-0.15, -0.1) is 0 Å². The lowest BCUT2D eigenvalue weighted by molar-refractivity contribution is -0.115. The van der Waals surface area contributed by atoms with Crippen molar-refractivity contribution < 1.29 is 23.5 Å². The van der Waals surface area contributed by atoms with Crippen LogP contribution in [0.3, 0.4) is 0 Å². The van der Waals surface area contributed by atoms with Crippen LogP contribution in [-0.4, -0.2) is 30.9 Å². The fourth-order valence-electron chi connectivity index (χ4n) is 1.94. The fourth-order valence-corrected chi connectivity index (χ4v) is 1.94. The molecule has 2 aromatic rings. The van der Waals surface area contributed by atoms with E-state index in [9.17, 15) is 14.4 Å². The van der Waals surface area contributed by atoms with E-state index in [4.69, 9.17) is 9.15 Å². The summed E-state index contributed by atoms with van der Waals surface area (Å²) in [6, 6.07) is 9.44.